The zero-order chi connectivity index (χ0) is 9.68. The number of carbonyl (C=O) groups excluding carboxylic acids is 1. The van der Waals surface area contributed by atoms with Gasteiger partial charge < -0.3 is 8.27 Å². The van der Waals surface area contributed by atoms with Crippen LogP contribution in [0.3, 0.4) is 0 Å². The fourth-order valence-electron chi connectivity index (χ4n) is 0.873. The molecule has 0 aliphatic carbocycles. The average molecular weight is 403 g/mol. The minimum Gasteiger partial charge on any atom is -0.453 e. The Hall–Kier alpha value is -0.0500. The number of anilines is 1. The van der Waals surface area contributed by atoms with Crippen LogP contribution in [0, 0.1) is 0 Å². The summed E-state index contributed by atoms with van der Waals surface area (Å²) in [6, 6.07) is 7.69. The van der Waals surface area contributed by atoms with E-state index in [2.05, 4.69) is 3.53 Å². The van der Waals surface area contributed by atoms with Gasteiger partial charge in [0.15, 0.2) is 0 Å². The molecule has 0 aliphatic rings. The van der Waals surface area contributed by atoms with E-state index < -0.39 is 0 Å². The second kappa shape index (κ2) is 5.63. The SMILES string of the molecule is O=C(I)OCc1ccccc1NI. The number of ether oxygens (including phenoxy) is 1. The lowest BCUT2D eigenvalue weighted by molar-refractivity contribution is 0.172. The van der Waals surface area contributed by atoms with Crippen molar-refractivity contribution in [2.45, 2.75) is 6.61 Å². The minimum absolute atomic E-state index is 0.291. The van der Waals surface area contributed by atoms with Crippen LogP contribution in [-0.4, -0.2) is 3.98 Å². The molecule has 0 radical (unpaired) electrons. The van der Waals surface area contributed by atoms with Crippen molar-refractivity contribution in [1.82, 2.24) is 0 Å². The van der Waals surface area contributed by atoms with E-state index in [4.69, 9.17) is 4.74 Å². The zero-order valence-corrected chi connectivity index (χ0v) is 10.9. The van der Waals surface area contributed by atoms with Gasteiger partial charge in [-0.3, -0.25) is 0 Å². The van der Waals surface area contributed by atoms with Gasteiger partial charge in [0.1, 0.15) is 6.61 Å². The van der Waals surface area contributed by atoms with Gasteiger partial charge in [-0.05, 0) is 6.07 Å². The van der Waals surface area contributed by atoms with Crippen molar-refractivity contribution in [1.29, 1.82) is 0 Å². The van der Waals surface area contributed by atoms with Crippen LogP contribution in [0.15, 0.2) is 24.3 Å². The third kappa shape index (κ3) is 3.67. The van der Waals surface area contributed by atoms with Gasteiger partial charge in [0.05, 0.1) is 45.5 Å². The van der Waals surface area contributed by atoms with Crippen LogP contribution in [0.4, 0.5) is 10.5 Å². The molecule has 0 saturated heterocycles. The second-order valence-corrected chi connectivity index (χ2v) is 3.70. The van der Waals surface area contributed by atoms with E-state index in [0.717, 1.165) is 11.3 Å². The summed E-state index contributed by atoms with van der Waals surface area (Å²) >= 11 is 3.65. The first-order valence-corrected chi connectivity index (χ1v) is 5.66. The standard InChI is InChI=1S/C8H7I2NO2/c9-8(12)13-5-6-3-1-2-4-7(6)11-10/h1-4,11H,5H2. The Morgan fingerprint density at radius 1 is 1.46 bits per heavy atom. The van der Waals surface area contributed by atoms with Gasteiger partial charge in [-0.15, -0.1) is 0 Å². The Labute approximate surface area is 104 Å². The molecule has 0 amide bonds. The molecule has 1 rings (SSSR count). The number of hydrogen-bond acceptors (Lipinski definition) is 3. The van der Waals surface area contributed by atoms with Crippen molar-refractivity contribution >= 4 is 55.1 Å². The van der Waals surface area contributed by atoms with Crippen LogP contribution < -0.4 is 3.53 Å². The summed E-state index contributed by atoms with van der Waals surface area (Å²) < 4.78 is 7.58. The molecule has 13 heavy (non-hydrogen) atoms. The summed E-state index contributed by atoms with van der Waals surface area (Å²) in [4.78, 5) is 10.6. The van der Waals surface area contributed by atoms with Gasteiger partial charge in [0.25, 0.3) is 0 Å². The number of halogens is 2. The molecule has 0 aliphatic heterocycles. The smallest absolute Gasteiger partial charge is 0.367 e. The number of benzene rings is 1. The van der Waals surface area contributed by atoms with Crippen LogP contribution >= 0.6 is 45.5 Å². The fourth-order valence-corrected chi connectivity index (χ4v) is 1.55. The summed E-state index contributed by atoms with van der Waals surface area (Å²) in [6.45, 7) is 0.313. The molecule has 5 heteroatoms. The summed E-state index contributed by atoms with van der Waals surface area (Å²) in [7, 11) is 0. The summed E-state index contributed by atoms with van der Waals surface area (Å²) in [5, 5.41) is 0. The molecule has 70 valence electrons. The van der Waals surface area contributed by atoms with E-state index in [0.29, 0.717) is 6.61 Å². The first kappa shape index (κ1) is 11.0. The van der Waals surface area contributed by atoms with Crippen LogP contribution in [0.5, 0.6) is 0 Å². The largest absolute Gasteiger partial charge is 0.453 e. The van der Waals surface area contributed by atoms with E-state index >= 15 is 0 Å². The quantitative estimate of drug-likeness (QED) is 0.477. The Balaban J connectivity index is 2.69. The van der Waals surface area contributed by atoms with Crippen LogP contribution in [0.2, 0.25) is 0 Å². The van der Waals surface area contributed by atoms with Gasteiger partial charge in [-0.25, -0.2) is 4.79 Å². The number of nitrogens with one attached hydrogen (secondary N) is 1. The molecule has 0 spiro atoms. The minimum atomic E-state index is -0.291. The third-order valence-electron chi connectivity index (χ3n) is 1.46. The van der Waals surface area contributed by atoms with E-state index in [1.807, 2.05) is 47.1 Å². The van der Waals surface area contributed by atoms with Gasteiger partial charge in [-0.2, -0.15) is 0 Å². The normalized spacial score (nSPS) is 9.38. The van der Waals surface area contributed by atoms with E-state index in [1.54, 1.807) is 22.6 Å². The average Bonchev–Trinajstić information content (AvgIpc) is 2.15. The lowest BCUT2D eigenvalue weighted by Gasteiger charge is -2.06. The lowest BCUT2D eigenvalue weighted by atomic mass is 10.2. The highest BCUT2D eigenvalue weighted by molar-refractivity contribution is 14.1. The molecule has 3 nitrogen and oxygen atoms in total. The number of rotatable bonds is 3. The van der Waals surface area contributed by atoms with Gasteiger partial charge >= 0.3 is 3.98 Å². The summed E-state index contributed by atoms with van der Waals surface area (Å²) in [5.74, 6) is 0. The molecule has 0 unspecified atom stereocenters. The molecule has 0 atom stereocenters. The van der Waals surface area contributed by atoms with E-state index in [1.165, 1.54) is 0 Å². The Kier molecular flexibility index (Phi) is 4.78. The molecule has 1 N–H and O–H groups in total. The van der Waals surface area contributed by atoms with E-state index in [9.17, 15) is 4.79 Å². The molecule has 0 aromatic heterocycles. The highest BCUT2D eigenvalue weighted by Gasteiger charge is 2.01. The Morgan fingerprint density at radius 3 is 2.77 bits per heavy atom. The molecule has 0 heterocycles. The first-order valence-electron chi connectivity index (χ1n) is 3.51. The fraction of sp³-hybridized carbons (Fsp3) is 0.125. The lowest BCUT2D eigenvalue weighted by Crippen LogP contribution is -1.96. The van der Waals surface area contributed by atoms with Crippen LogP contribution in [0.1, 0.15) is 5.56 Å². The van der Waals surface area contributed by atoms with Gasteiger partial charge in [0, 0.05) is 11.3 Å². The molecule has 0 fully saturated rings. The van der Waals surface area contributed by atoms with Crippen LogP contribution in [-0.2, 0) is 11.3 Å². The topological polar surface area (TPSA) is 38.3 Å². The van der Waals surface area contributed by atoms with Crippen molar-refractivity contribution in [3.63, 3.8) is 0 Å². The maximum Gasteiger partial charge on any atom is 0.367 e. The predicted molar refractivity (Wildman–Crippen MR) is 68.3 cm³/mol. The number of carbonyl (C=O) groups is 1. The van der Waals surface area contributed by atoms with Crippen molar-refractivity contribution in [3.05, 3.63) is 29.8 Å². The highest BCUT2D eigenvalue weighted by Crippen LogP contribution is 2.17. The molecule has 1 aromatic carbocycles. The van der Waals surface area contributed by atoms with Crippen molar-refractivity contribution in [3.8, 4) is 0 Å². The predicted octanol–water partition coefficient (Wildman–Crippen LogP) is 3.52. The maximum absolute atomic E-state index is 10.6. The van der Waals surface area contributed by atoms with Crippen molar-refractivity contribution in [2.75, 3.05) is 3.53 Å². The highest BCUT2D eigenvalue weighted by atomic mass is 127. The Morgan fingerprint density at radius 2 is 2.15 bits per heavy atom. The van der Waals surface area contributed by atoms with Crippen molar-refractivity contribution < 1.29 is 9.53 Å². The summed E-state index contributed by atoms with van der Waals surface area (Å²) in [6.07, 6.45) is 0. The second-order valence-electron chi connectivity index (χ2n) is 2.28. The van der Waals surface area contributed by atoms with E-state index in [-0.39, 0.29) is 3.98 Å². The maximum atomic E-state index is 10.6. The monoisotopic (exact) mass is 403 g/mol. The molecular weight excluding hydrogens is 396 g/mol. The van der Waals surface area contributed by atoms with Gasteiger partial charge in [-0.1, -0.05) is 18.2 Å². The third-order valence-corrected chi connectivity index (χ3v) is 2.35. The number of para-hydroxylation sites is 1. The Bertz CT molecular complexity index is 304. The van der Waals surface area contributed by atoms with Gasteiger partial charge in [0.2, 0.25) is 0 Å². The molecular formula is C8H7I2NO2. The van der Waals surface area contributed by atoms with Crippen molar-refractivity contribution in [2.24, 2.45) is 0 Å². The number of hydrogen-bond donors (Lipinski definition) is 1. The summed E-state index contributed by atoms with van der Waals surface area (Å²) in [5.41, 5.74) is 1.95. The molecule has 1 aromatic rings. The zero-order valence-electron chi connectivity index (χ0n) is 6.59. The molecule has 0 saturated carbocycles. The first-order chi connectivity index (χ1) is 6.24. The van der Waals surface area contributed by atoms with Crippen LogP contribution in [0.25, 0.3) is 0 Å². The molecule has 0 bridgehead atoms.